The second-order valence-corrected chi connectivity index (χ2v) is 5.12. The van der Waals surface area contributed by atoms with Gasteiger partial charge in [0.15, 0.2) is 0 Å². The lowest BCUT2D eigenvalue weighted by Crippen LogP contribution is -2.45. The van der Waals surface area contributed by atoms with Gasteiger partial charge in [0.25, 0.3) is 5.91 Å². The van der Waals surface area contributed by atoms with Gasteiger partial charge < -0.3 is 10.4 Å². The SMILES string of the molecule is Cc1n[nH]c(C)c1C(=O)NC1CCCCC1C(=O)O. The van der Waals surface area contributed by atoms with Crippen LogP contribution in [0.1, 0.15) is 47.4 Å². The number of H-pyrrole nitrogens is 1. The van der Waals surface area contributed by atoms with Crippen LogP contribution in [0.5, 0.6) is 0 Å². The second kappa shape index (κ2) is 5.42. The zero-order chi connectivity index (χ0) is 14.0. The van der Waals surface area contributed by atoms with Crippen molar-refractivity contribution in [1.29, 1.82) is 0 Å². The molecule has 1 saturated carbocycles. The number of nitrogens with one attached hydrogen (secondary N) is 2. The summed E-state index contributed by atoms with van der Waals surface area (Å²) in [4.78, 5) is 23.4. The topological polar surface area (TPSA) is 95.1 Å². The van der Waals surface area contributed by atoms with Crippen molar-refractivity contribution in [2.45, 2.75) is 45.6 Å². The van der Waals surface area contributed by atoms with Gasteiger partial charge in [-0.1, -0.05) is 12.8 Å². The molecular weight excluding hydrogens is 246 g/mol. The summed E-state index contributed by atoms with van der Waals surface area (Å²) in [5, 5.41) is 18.8. The fourth-order valence-corrected chi connectivity index (χ4v) is 2.73. The summed E-state index contributed by atoms with van der Waals surface area (Å²) in [5.41, 5.74) is 1.87. The summed E-state index contributed by atoms with van der Waals surface area (Å²) in [7, 11) is 0. The van der Waals surface area contributed by atoms with E-state index in [-0.39, 0.29) is 11.9 Å². The Hall–Kier alpha value is -1.85. The van der Waals surface area contributed by atoms with Gasteiger partial charge in [0.1, 0.15) is 0 Å². The first-order valence-corrected chi connectivity index (χ1v) is 6.56. The highest BCUT2D eigenvalue weighted by molar-refractivity contribution is 5.96. The molecule has 104 valence electrons. The van der Waals surface area contributed by atoms with Crippen LogP contribution in [0.3, 0.4) is 0 Å². The smallest absolute Gasteiger partial charge is 0.308 e. The van der Waals surface area contributed by atoms with E-state index in [1.54, 1.807) is 13.8 Å². The minimum absolute atomic E-state index is 0.234. The molecular formula is C13H19N3O3. The van der Waals surface area contributed by atoms with E-state index in [1.807, 2.05) is 0 Å². The minimum atomic E-state index is -0.828. The molecule has 2 rings (SSSR count). The number of carbonyl (C=O) groups is 2. The van der Waals surface area contributed by atoms with Gasteiger partial charge in [0.05, 0.1) is 17.2 Å². The van der Waals surface area contributed by atoms with Crippen LogP contribution in [0.15, 0.2) is 0 Å². The van der Waals surface area contributed by atoms with Gasteiger partial charge >= 0.3 is 5.97 Å². The molecule has 0 spiro atoms. The molecule has 2 atom stereocenters. The number of aromatic nitrogens is 2. The first kappa shape index (κ1) is 13.6. The van der Waals surface area contributed by atoms with Gasteiger partial charge in [0.2, 0.25) is 0 Å². The maximum Gasteiger partial charge on any atom is 0.308 e. The number of aliphatic carboxylic acids is 1. The Balaban J connectivity index is 2.11. The Bertz CT molecular complexity index is 476. The third kappa shape index (κ3) is 2.77. The molecule has 6 nitrogen and oxygen atoms in total. The number of amides is 1. The summed E-state index contributed by atoms with van der Waals surface area (Å²) in [5.74, 6) is -1.54. The first-order chi connectivity index (χ1) is 9.00. The Labute approximate surface area is 111 Å². The molecule has 0 radical (unpaired) electrons. The van der Waals surface area contributed by atoms with Crippen LogP contribution in [0, 0.1) is 19.8 Å². The summed E-state index contributed by atoms with van der Waals surface area (Å²) in [6.45, 7) is 3.54. The number of aryl methyl sites for hydroxylation is 2. The normalized spacial score (nSPS) is 23.1. The van der Waals surface area contributed by atoms with Gasteiger partial charge in [-0.2, -0.15) is 5.10 Å². The average molecular weight is 265 g/mol. The molecule has 1 aromatic rings. The molecule has 0 aromatic carbocycles. The molecule has 1 aromatic heterocycles. The number of aromatic amines is 1. The Morgan fingerprint density at radius 2 is 2.00 bits per heavy atom. The molecule has 2 unspecified atom stereocenters. The van der Waals surface area contributed by atoms with Crippen molar-refractivity contribution in [3.05, 3.63) is 17.0 Å². The minimum Gasteiger partial charge on any atom is -0.481 e. The molecule has 6 heteroatoms. The van der Waals surface area contributed by atoms with Crippen molar-refractivity contribution < 1.29 is 14.7 Å². The summed E-state index contributed by atoms with van der Waals surface area (Å²) in [6, 6.07) is -0.285. The van der Waals surface area contributed by atoms with E-state index in [1.165, 1.54) is 0 Å². The van der Waals surface area contributed by atoms with Crippen LogP contribution in [0.25, 0.3) is 0 Å². The number of hydrogen-bond acceptors (Lipinski definition) is 3. The van der Waals surface area contributed by atoms with Crippen molar-refractivity contribution in [3.8, 4) is 0 Å². The fraction of sp³-hybridized carbons (Fsp3) is 0.615. The summed E-state index contributed by atoms with van der Waals surface area (Å²) in [6.07, 6.45) is 3.22. The molecule has 1 amide bonds. The third-order valence-corrected chi connectivity index (χ3v) is 3.75. The van der Waals surface area contributed by atoms with E-state index in [9.17, 15) is 14.7 Å². The third-order valence-electron chi connectivity index (χ3n) is 3.75. The molecule has 0 bridgehead atoms. The van der Waals surface area contributed by atoms with E-state index >= 15 is 0 Å². The highest BCUT2D eigenvalue weighted by Crippen LogP contribution is 2.25. The van der Waals surface area contributed by atoms with E-state index in [0.717, 1.165) is 19.3 Å². The molecule has 19 heavy (non-hydrogen) atoms. The van der Waals surface area contributed by atoms with Gasteiger partial charge in [-0.25, -0.2) is 0 Å². The lowest BCUT2D eigenvalue weighted by Gasteiger charge is -2.29. The van der Waals surface area contributed by atoms with E-state index in [4.69, 9.17) is 0 Å². The average Bonchev–Trinajstić information content (AvgIpc) is 2.69. The van der Waals surface area contributed by atoms with Crippen molar-refractivity contribution in [2.24, 2.45) is 5.92 Å². The van der Waals surface area contributed by atoms with Crippen LogP contribution in [-0.4, -0.2) is 33.2 Å². The van der Waals surface area contributed by atoms with E-state index in [0.29, 0.717) is 23.4 Å². The van der Waals surface area contributed by atoms with Crippen LogP contribution in [0.4, 0.5) is 0 Å². The van der Waals surface area contributed by atoms with E-state index in [2.05, 4.69) is 15.5 Å². The number of nitrogens with zero attached hydrogens (tertiary/aromatic N) is 1. The molecule has 1 aliphatic carbocycles. The van der Waals surface area contributed by atoms with Gasteiger partial charge in [-0.15, -0.1) is 0 Å². The standard InChI is InChI=1S/C13H19N3O3/c1-7-11(8(2)16-15-7)12(17)14-10-6-4-3-5-9(10)13(18)19/h9-10H,3-6H2,1-2H3,(H,14,17)(H,15,16)(H,18,19). The van der Waals surface area contributed by atoms with Crippen LogP contribution in [0.2, 0.25) is 0 Å². The zero-order valence-corrected chi connectivity index (χ0v) is 11.2. The Kier molecular flexibility index (Phi) is 3.87. The van der Waals surface area contributed by atoms with Crippen molar-refractivity contribution >= 4 is 11.9 Å². The van der Waals surface area contributed by atoms with Crippen LogP contribution >= 0.6 is 0 Å². The zero-order valence-electron chi connectivity index (χ0n) is 11.2. The maximum absolute atomic E-state index is 12.2. The lowest BCUT2D eigenvalue weighted by atomic mass is 9.84. The number of hydrogen-bond donors (Lipinski definition) is 3. The molecule has 1 aliphatic rings. The van der Waals surface area contributed by atoms with Crippen LogP contribution < -0.4 is 5.32 Å². The molecule has 1 heterocycles. The van der Waals surface area contributed by atoms with Crippen molar-refractivity contribution in [2.75, 3.05) is 0 Å². The molecule has 1 fully saturated rings. The number of carbonyl (C=O) groups excluding carboxylic acids is 1. The van der Waals surface area contributed by atoms with Crippen molar-refractivity contribution in [3.63, 3.8) is 0 Å². The van der Waals surface area contributed by atoms with Gasteiger partial charge in [-0.05, 0) is 26.7 Å². The monoisotopic (exact) mass is 265 g/mol. The lowest BCUT2D eigenvalue weighted by molar-refractivity contribution is -0.143. The van der Waals surface area contributed by atoms with Gasteiger partial charge in [-0.3, -0.25) is 14.7 Å². The largest absolute Gasteiger partial charge is 0.481 e. The molecule has 3 N–H and O–H groups in total. The fourth-order valence-electron chi connectivity index (χ4n) is 2.73. The number of rotatable bonds is 3. The van der Waals surface area contributed by atoms with Gasteiger partial charge in [0, 0.05) is 11.7 Å². The maximum atomic E-state index is 12.2. The number of carboxylic acid groups (broad SMARTS) is 1. The van der Waals surface area contributed by atoms with E-state index < -0.39 is 11.9 Å². The first-order valence-electron chi connectivity index (χ1n) is 6.56. The molecule has 0 aliphatic heterocycles. The van der Waals surface area contributed by atoms with Crippen LogP contribution in [-0.2, 0) is 4.79 Å². The highest BCUT2D eigenvalue weighted by atomic mass is 16.4. The molecule has 0 saturated heterocycles. The Morgan fingerprint density at radius 3 is 2.58 bits per heavy atom. The summed E-state index contributed by atoms with van der Waals surface area (Å²) < 4.78 is 0. The number of carboxylic acids is 1. The highest BCUT2D eigenvalue weighted by Gasteiger charge is 2.32. The second-order valence-electron chi connectivity index (χ2n) is 5.12. The summed E-state index contributed by atoms with van der Waals surface area (Å²) >= 11 is 0. The Morgan fingerprint density at radius 1 is 1.32 bits per heavy atom. The van der Waals surface area contributed by atoms with Crippen molar-refractivity contribution in [1.82, 2.24) is 15.5 Å². The quantitative estimate of drug-likeness (QED) is 0.769. The predicted octanol–water partition coefficient (Wildman–Crippen LogP) is 1.40. The predicted molar refractivity (Wildman–Crippen MR) is 68.9 cm³/mol.